The quantitative estimate of drug-likeness (QED) is 0.685. The summed E-state index contributed by atoms with van der Waals surface area (Å²) in [6.45, 7) is 1.76. The number of rotatable bonds is 6. The van der Waals surface area contributed by atoms with Crippen LogP contribution in [0, 0.1) is 5.82 Å². The summed E-state index contributed by atoms with van der Waals surface area (Å²) >= 11 is 0. The van der Waals surface area contributed by atoms with Crippen LogP contribution in [0.2, 0.25) is 0 Å². The second-order valence-corrected chi connectivity index (χ2v) is 3.74. The number of nitrogens with one attached hydrogen (secondary N) is 1. The molecule has 16 heavy (non-hydrogen) atoms. The fourth-order valence-electron chi connectivity index (χ4n) is 1.59. The summed E-state index contributed by atoms with van der Waals surface area (Å²) in [5.74, 6) is -0.264. The fraction of sp³-hybridized carbons (Fsp3) is 0.500. The molecule has 0 saturated heterocycles. The molecule has 1 unspecified atom stereocenters. The predicted molar refractivity (Wildman–Crippen MR) is 60.5 cm³/mol. The first-order valence-corrected chi connectivity index (χ1v) is 5.44. The first-order chi connectivity index (χ1) is 7.71. The molecule has 0 saturated carbocycles. The lowest BCUT2D eigenvalue weighted by Crippen LogP contribution is -2.38. The van der Waals surface area contributed by atoms with E-state index in [-0.39, 0.29) is 31.1 Å². The minimum absolute atomic E-state index is 0.0184. The van der Waals surface area contributed by atoms with E-state index in [4.69, 9.17) is 10.2 Å². The number of benzene rings is 1. The van der Waals surface area contributed by atoms with Crippen molar-refractivity contribution >= 4 is 0 Å². The maximum atomic E-state index is 12.7. The van der Waals surface area contributed by atoms with Gasteiger partial charge in [-0.3, -0.25) is 0 Å². The lowest BCUT2D eigenvalue weighted by atomic mass is 10.0. The monoisotopic (exact) mass is 227 g/mol. The van der Waals surface area contributed by atoms with Gasteiger partial charge in [-0.15, -0.1) is 0 Å². The summed E-state index contributed by atoms with van der Waals surface area (Å²) in [5.41, 5.74) is 0.954. The SMILES string of the molecule is CCC(NC(CO)CO)c1ccc(F)cc1. The van der Waals surface area contributed by atoms with Gasteiger partial charge in [-0.1, -0.05) is 19.1 Å². The Morgan fingerprint density at radius 1 is 1.19 bits per heavy atom. The zero-order valence-electron chi connectivity index (χ0n) is 9.36. The van der Waals surface area contributed by atoms with E-state index < -0.39 is 0 Å². The minimum Gasteiger partial charge on any atom is -0.395 e. The summed E-state index contributed by atoms with van der Waals surface area (Å²) in [7, 11) is 0. The molecule has 0 aliphatic carbocycles. The molecule has 1 aromatic rings. The smallest absolute Gasteiger partial charge is 0.123 e. The van der Waals surface area contributed by atoms with Crippen molar-refractivity contribution in [2.45, 2.75) is 25.4 Å². The second-order valence-electron chi connectivity index (χ2n) is 3.74. The molecule has 0 aliphatic rings. The van der Waals surface area contributed by atoms with Crippen molar-refractivity contribution in [2.24, 2.45) is 0 Å². The summed E-state index contributed by atoms with van der Waals surface area (Å²) in [6, 6.07) is 5.92. The van der Waals surface area contributed by atoms with Crippen molar-refractivity contribution in [3.63, 3.8) is 0 Å². The van der Waals surface area contributed by atoms with Crippen molar-refractivity contribution in [1.82, 2.24) is 5.32 Å². The van der Waals surface area contributed by atoms with Crippen molar-refractivity contribution < 1.29 is 14.6 Å². The third-order valence-electron chi connectivity index (χ3n) is 2.56. The Morgan fingerprint density at radius 3 is 2.19 bits per heavy atom. The van der Waals surface area contributed by atoms with Crippen LogP contribution in [0.4, 0.5) is 4.39 Å². The van der Waals surface area contributed by atoms with Crippen LogP contribution in [0.15, 0.2) is 24.3 Å². The van der Waals surface area contributed by atoms with Gasteiger partial charge in [0.15, 0.2) is 0 Å². The van der Waals surface area contributed by atoms with Crippen LogP contribution in [-0.2, 0) is 0 Å². The number of halogens is 1. The van der Waals surface area contributed by atoms with Gasteiger partial charge < -0.3 is 15.5 Å². The second kappa shape index (κ2) is 6.58. The van der Waals surface area contributed by atoms with E-state index in [1.54, 1.807) is 12.1 Å². The molecule has 0 aromatic heterocycles. The lowest BCUT2D eigenvalue weighted by Gasteiger charge is -2.22. The van der Waals surface area contributed by atoms with Gasteiger partial charge in [-0.05, 0) is 24.1 Å². The molecule has 1 aromatic carbocycles. The van der Waals surface area contributed by atoms with Crippen LogP contribution in [0.25, 0.3) is 0 Å². The van der Waals surface area contributed by atoms with Gasteiger partial charge in [0.05, 0.1) is 19.3 Å². The van der Waals surface area contributed by atoms with Crippen molar-refractivity contribution in [2.75, 3.05) is 13.2 Å². The molecule has 1 atom stereocenters. The zero-order chi connectivity index (χ0) is 12.0. The Bertz CT molecular complexity index is 298. The molecule has 1 rings (SSSR count). The summed E-state index contributed by atoms with van der Waals surface area (Å²) in [6.07, 6.45) is 0.808. The first-order valence-electron chi connectivity index (χ1n) is 5.44. The minimum atomic E-state index is -0.338. The van der Waals surface area contributed by atoms with E-state index in [9.17, 15) is 4.39 Å². The molecule has 0 fully saturated rings. The van der Waals surface area contributed by atoms with Gasteiger partial charge in [0, 0.05) is 6.04 Å². The molecule has 0 radical (unpaired) electrons. The molecule has 4 heteroatoms. The lowest BCUT2D eigenvalue weighted by molar-refractivity contribution is 0.161. The van der Waals surface area contributed by atoms with E-state index in [1.807, 2.05) is 6.92 Å². The van der Waals surface area contributed by atoms with Gasteiger partial charge in [-0.2, -0.15) is 0 Å². The number of aliphatic hydroxyl groups is 2. The number of aliphatic hydroxyl groups excluding tert-OH is 2. The molecule has 0 aliphatic heterocycles. The highest BCUT2D eigenvalue weighted by Gasteiger charge is 2.14. The molecule has 0 spiro atoms. The molecular weight excluding hydrogens is 209 g/mol. The Labute approximate surface area is 94.9 Å². The fourth-order valence-corrected chi connectivity index (χ4v) is 1.59. The number of hydrogen-bond acceptors (Lipinski definition) is 3. The Hall–Kier alpha value is -0.970. The van der Waals surface area contributed by atoms with Crippen LogP contribution in [0.5, 0.6) is 0 Å². The van der Waals surface area contributed by atoms with E-state index in [1.165, 1.54) is 12.1 Å². The van der Waals surface area contributed by atoms with Gasteiger partial charge in [-0.25, -0.2) is 4.39 Å². The van der Waals surface area contributed by atoms with Gasteiger partial charge in [0.25, 0.3) is 0 Å². The first kappa shape index (κ1) is 13.1. The van der Waals surface area contributed by atoms with E-state index >= 15 is 0 Å². The van der Waals surface area contributed by atoms with Crippen LogP contribution < -0.4 is 5.32 Å². The van der Waals surface area contributed by atoms with Crippen LogP contribution in [0.3, 0.4) is 0 Å². The molecule has 3 nitrogen and oxygen atoms in total. The third-order valence-corrected chi connectivity index (χ3v) is 2.56. The predicted octanol–water partition coefficient (Wildman–Crippen LogP) is 1.22. The maximum absolute atomic E-state index is 12.7. The standard InChI is InChI=1S/C12H18FNO2/c1-2-12(14-11(7-15)8-16)9-3-5-10(13)6-4-9/h3-6,11-12,14-16H,2,7-8H2,1H3. The maximum Gasteiger partial charge on any atom is 0.123 e. The van der Waals surface area contributed by atoms with E-state index in [2.05, 4.69) is 5.32 Å². The highest BCUT2D eigenvalue weighted by atomic mass is 19.1. The number of hydrogen-bond donors (Lipinski definition) is 3. The van der Waals surface area contributed by atoms with Crippen LogP contribution >= 0.6 is 0 Å². The highest BCUT2D eigenvalue weighted by molar-refractivity contribution is 5.19. The molecule has 3 N–H and O–H groups in total. The molecule has 0 bridgehead atoms. The molecular formula is C12H18FNO2. The molecule has 90 valence electrons. The Morgan fingerprint density at radius 2 is 1.75 bits per heavy atom. The van der Waals surface area contributed by atoms with Crippen molar-refractivity contribution in [1.29, 1.82) is 0 Å². The zero-order valence-corrected chi connectivity index (χ0v) is 9.36. The summed E-state index contributed by atoms with van der Waals surface area (Å²) < 4.78 is 12.7. The normalized spacial score (nSPS) is 13.1. The molecule has 0 amide bonds. The summed E-state index contributed by atoms with van der Waals surface area (Å²) in [5, 5.41) is 21.1. The average molecular weight is 227 g/mol. The Kier molecular flexibility index (Phi) is 5.38. The average Bonchev–Trinajstić information content (AvgIpc) is 2.32. The van der Waals surface area contributed by atoms with Gasteiger partial charge in [0.1, 0.15) is 5.82 Å². The topological polar surface area (TPSA) is 52.5 Å². The Balaban J connectivity index is 2.70. The summed E-state index contributed by atoms with van der Waals surface area (Å²) in [4.78, 5) is 0. The van der Waals surface area contributed by atoms with Gasteiger partial charge >= 0.3 is 0 Å². The third kappa shape index (κ3) is 3.56. The van der Waals surface area contributed by atoms with Crippen LogP contribution in [-0.4, -0.2) is 29.5 Å². The van der Waals surface area contributed by atoms with E-state index in [0.29, 0.717) is 0 Å². The van der Waals surface area contributed by atoms with Gasteiger partial charge in [0.2, 0.25) is 0 Å². The van der Waals surface area contributed by atoms with E-state index in [0.717, 1.165) is 12.0 Å². The van der Waals surface area contributed by atoms with Crippen molar-refractivity contribution in [3.8, 4) is 0 Å². The highest BCUT2D eigenvalue weighted by Crippen LogP contribution is 2.17. The largest absolute Gasteiger partial charge is 0.395 e. The van der Waals surface area contributed by atoms with Crippen LogP contribution in [0.1, 0.15) is 24.9 Å². The molecule has 0 heterocycles. The van der Waals surface area contributed by atoms with Crippen molar-refractivity contribution in [3.05, 3.63) is 35.6 Å².